The monoisotopic (exact) mass is 324 g/mol. The van der Waals surface area contributed by atoms with Crippen molar-refractivity contribution in [1.29, 1.82) is 0 Å². The van der Waals surface area contributed by atoms with Crippen LogP contribution in [0.25, 0.3) is 0 Å². The predicted molar refractivity (Wildman–Crippen MR) is 89.4 cm³/mol. The van der Waals surface area contributed by atoms with E-state index in [1.54, 1.807) is 12.1 Å². The van der Waals surface area contributed by atoms with Crippen LogP contribution in [0.1, 0.15) is 30.6 Å². The molecule has 1 aliphatic heterocycles. The maximum absolute atomic E-state index is 12.3. The van der Waals surface area contributed by atoms with Crippen molar-refractivity contribution in [1.82, 2.24) is 10.2 Å². The van der Waals surface area contributed by atoms with Crippen LogP contribution >= 0.6 is 11.6 Å². The Balaban J connectivity index is 1.95. The van der Waals surface area contributed by atoms with Crippen molar-refractivity contribution < 1.29 is 9.53 Å². The molecule has 1 aliphatic rings. The van der Waals surface area contributed by atoms with Crippen molar-refractivity contribution in [2.75, 3.05) is 32.8 Å². The van der Waals surface area contributed by atoms with E-state index in [0.717, 1.165) is 32.7 Å². The normalized spacial score (nSPS) is 17.5. The van der Waals surface area contributed by atoms with Crippen LogP contribution in [0.2, 0.25) is 5.02 Å². The van der Waals surface area contributed by atoms with Crippen molar-refractivity contribution in [3.8, 4) is 0 Å². The van der Waals surface area contributed by atoms with Crippen LogP contribution < -0.4 is 5.32 Å². The molecule has 1 fully saturated rings. The van der Waals surface area contributed by atoms with E-state index in [1.165, 1.54) is 0 Å². The zero-order valence-electron chi connectivity index (χ0n) is 13.3. The number of amides is 1. The zero-order valence-corrected chi connectivity index (χ0v) is 14.1. The summed E-state index contributed by atoms with van der Waals surface area (Å²) in [5.41, 5.74) is 0.537. The largest absolute Gasteiger partial charge is 0.379 e. The second-order valence-corrected chi connectivity index (χ2v) is 6.53. The molecule has 0 aromatic heterocycles. The number of nitrogens with one attached hydrogen (secondary N) is 1. The minimum absolute atomic E-state index is 0.104. The number of rotatable bonds is 6. The molecule has 122 valence electrons. The number of nitrogens with zero attached hydrogens (tertiary/aromatic N) is 1. The van der Waals surface area contributed by atoms with Gasteiger partial charge in [-0.05, 0) is 24.5 Å². The smallest absolute Gasteiger partial charge is 0.252 e. The molecule has 0 bridgehead atoms. The minimum atomic E-state index is -0.104. The van der Waals surface area contributed by atoms with Crippen LogP contribution in [0.15, 0.2) is 24.3 Å². The van der Waals surface area contributed by atoms with Gasteiger partial charge in [-0.1, -0.05) is 37.6 Å². The topological polar surface area (TPSA) is 41.6 Å². The molecule has 0 aliphatic carbocycles. The van der Waals surface area contributed by atoms with Gasteiger partial charge in [0.15, 0.2) is 0 Å². The molecule has 2 rings (SSSR count). The number of carbonyl (C=O) groups excluding carboxylic acids is 1. The summed E-state index contributed by atoms with van der Waals surface area (Å²) < 4.78 is 5.42. The first kappa shape index (κ1) is 17.3. The fraction of sp³-hybridized carbons (Fsp3) is 0.588. The van der Waals surface area contributed by atoms with Crippen LogP contribution in [-0.2, 0) is 4.74 Å². The average molecular weight is 325 g/mol. The number of benzene rings is 1. The lowest BCUT2D eigenvalue weighted by molar-refractivity contribution is 0.0124. The van der Waals surface area contributed by atoms with Crippen LogP contribution in [0.5, 0.6) is 0 Å². The molecular formula is C17H25ClN2O2. The number of hydrogen-bond donors (Lipinski definition) is 1. The molecule has 1 saturated heterocycles. The average Bonchev–Trinajstić information content (AvgIpc) is 2.52. The first-order chi connectivity index (χ1) is 10.6. The molecule has 0 radical (unpaired) electrons. The lowest BCUT2D eigenvalue weighted by Crippen LogP contribution is -2.49. The molecule has 1 N–H and O–H groups in total. The van der Waals surface area contributed by atoms with Gasteiger partial charge >= 0.3 is 0 Å². The van der Waals surface area contributed by atoms with E-state index in [4.69, 9.17) is 16.3 Å². The third-order valence-corrected chi connectivity index (χ3v) is 4.25. The molecule has 22 heavy (non-hydrogen) atoms. The number of ether oxygens (including phenoxy) is 1. The Morgan fingerprint density at radius 2 is 2.00 bits per heavy atom. The van der Waals surface area contributed by atoms with E-state index in [-0.39, 0.29) is 5.91 Å². The molecule has 1 aromatic carbocycles. The molecule has 1 atom stereocenters. The number of hydrogen-bond acceptors (Lipinski definition) is 3. The van der Waals surface area contributed by atoms with Gasteiger partial charge in [0.25, 0.3) is 5.91 Å². The lowest BCUT2D eigenvalue weighted by atomic mass is 10.0. The summed E-state index contributed by atoms with van der Waals surface area (Å²) in [7, 11) is 0. The van der Waals surface area contributed by atoms with Gasteiger partial charge in [0.05, 0.1) is 23.8 Å². The molecule has 1 heterocycles. The Hall–Kier alpha value is -1.10. The SMILES string of the molecule is CC(C)CC(CNC(=O)c1ccccc1Cl)N1CCOCC1. The van der Waals surface area contributed by atoms with Gasteiger partial charge in [0.1, 0.15) is 0 Å². The fourth-order valence-electron chi connectivity index (χ4n) is 2.80. The summed E-state index contributed by atoms with van der Waals surface area (Å²) in [5.74, 6) is 0.484. The highest BCUT2D eigenvalue weighted by Crippen LogP contribution is 2.16. The van der Waals surface area contributed by atoms with Gasteiger partial charge in [0, 0.05) is 25.7 Å². The number of carbonyl (C=O) groups is 1. The summed E-state index contributed by atoms with van der Waals surface area (Å²) in [6, 6.07) is 7.49. The lowest BCUT2D eigenvalue weighted by Gasteiger charge is -2.35. The Morgan fingerprint density at radius 1 is 1.32 bits per heavy atom. The van der Waals surface area contributed by atoms with Crippen LogP contribution in [0, 0.1) is 5.92 Å². The van der Waals surface area contributed by atoms with Gasteiger partial charge in [0.2, 0.25) is 0 Å². The standard InChI is InChI=1S/C17H25ClN2O2/c1-13(2)11-14(20-7-9-22-10-8-20)12-19-17(21)15-5-3-4-6-16(15)18/h3-6,13-14H,7-12H2,1-2H3,(H,19,21). The van der Waals surface area contributed by atoms with Crippen LogP contribution in [0.3, 0.4) is 0 Å². The van der Waals surface area contributed by atoms with Crippen molar-refractivity contribution in [3.05, 3.63) is 34.9 Å². The molecule has 4 nitrogen and oxygen atoms in total. The minimum Gasteiger partial charge on any atom is -0.379 e. The van der Waals surface area contributed by atoms with Gasteiger partial charge in [-0.2, -0.15) is 0 Å². The summed E-state index contributed by atoms with van der Waals surface area (Å²) in [6.07, 6.45) is 1.06. The maximum Gasteiger partial charge on any atom is 0.252 e. The predicted octanol–water partition coefficient (Wildman–Crippen LogP) is 2.82. The Bertz CT molecular complexity index is 487. The fourth-order valence-corrected chi connectivity index (χ4v) is 3.02. The highest BCUT2D eigenvalue weighted by Gasteiger charge is 2.22. The van der Waals surface area contributed by atoms with Crippen LogP contribution in [0.4, 0.5) is 0 Å². The van der Waals surface area contributed by atoms with E-state index < -0.39 is 0 Å². The van der Waals surface area contributed by atoms with Gasteiger partial charge in [-0.25, -0.2) is 0 Å². The van der Waals surface area contributed by atoms with Crippen molar-refractivity contribution in [2.24, 2.45) is 5.92 Å². The third-order valence-electron chi connectivity index (χ3n) is 3.92. The van der Waals surface area contributed by atoms with Gasteiger partial charge < -0.3 is 10.1 Å². The van der Waals surface area contributed by atoms with Gasteiger partial charge in [-0.3, -0.25) is 9.69 Å². The Labute approximate surface area is 137 Å². The van der Waals surface area contributed by atoms with E-state index in [2.05, 4.69) is 24.1 Å². The number of morpholine rings is 1. The highest BCUT2D eigenvalue weighted by atomic mass is 35.5. The van der Waals surface area contributed by atoms with Crippen LogP contribution in [-0.4, -0.2) is 49.7 Å². The molecular weight excluding hydrogens is 300 g/mol. The second kappa shape index (κ2) is 8.51. The van der Waals surface area contributed by atoms with E-state index in [1.807, 2.05) is 12.1 Å². The first-order valence-electron chi connectivity index (χ1n) is 7.92. The van der Waals surface area contributed by atoms with Crippen molar-refractivity contribution in [3.63, 3.8) is 0 Å². The molecule has 1 amide bonds. The van der Waals surface area contributed by atoms with Crippen molar-refractivity contribution >= 4 is 17.5 Å². The summed E-state index contributed by atoms with van der Waals surface area (Å²) in [4.78, 5) is 14.7. The summed E-state index contributed by atoms with van der Waals surface area (Å²) in [5, 5.41) is 3.53. The molecule has 0 spiro atoms. The number of halogens is 1. The maximum atomic E-state index is 12.3. The Kier molecular flexibility index (Phi) is 6.68. The summed E-state index contributed by atoms with van der Waals surface area (Å²) >= 11 is 6.08. The molecule has 0 saturated carbocycles. The zero-order chi connectivity index (χ0) is 15.9. The van der Waals surface area contributed by atoms with E-state index in [9.17, 15) is 4.79 Å². The van der Waals surface area contributed by atoms with Crippen molar-refractivity contribution in [2.45, 2.75) is 26.3 Å². The van der Waals surface area contributed by atoms with E-state index >= 15 is 0 Å². The molecule has 1 aromatic rings. The van der Waals surface area contributed by atoms with E-state index in [0.29, 0.717) is 29.1 Å². The highest BCUT2D eigenvalue weighted by molar-refractivity contribution is 6.33. The third kappa shape index (κ3) is 4.97. The first-order valence-corrected chi connectivity index (χ1v) is 8.30. The Morgan fingerprint density at radius 3 is 2.64 bits per heavy atom. The van der Waals surface area contributed by atoms with Gasteiger partial charge in [-0.15, -0.1) is 0 Å². The second-order valence-electron chi connectivity index (χ2n) is 6.12. The molecule has 5 heteroatoms. The quantitative estimate of drug-likeness (QED) is 0.875. The summed E-state index contributed by atoms with van der Waals surface area (Å²) in [6.45, 7) is 8.47. The molecule has 1 unspecified atom stereocenters.